The summed E-state index contributed by atoms with van der Waals surface area (Å²) in [7, 11) is 0. The highest BCUT2D eigenvalue weighted by Crippen LogP contribution is 2.26. The lowest BCUT2D eigenvalue weighted by molar-refractivity contribution is -0.578. The van der Waals surface area contributed by atoms with Crippen LogP contribution < -0.4 is 15.0 Å². The van der Waals surface area contributed by atoms with E-state index in [2.05, 4.69) is 11.4 Å². The fourth-order valence-corrected chi connectivity index (χ4v) is 3.72. The second-order valence-electron chi connectivity index (χ2n) is 6.91. The standard InChI is InChI=1S/C23H20Cl2N2O2S/c1-14-8-15(2)10-18(9-14)26-23(30)21(27-7-3-4-16(12-27)13-28)22(29)17-5-6-19(24)20(25)11-17/h3-12,28H,13H2,1-2H3,(H-,26,29,30). The molecule has 0 aliphatic rings. The van der Waals surface area contributed by atoms with Crippen LogP contribution in [0.3, 0.4) is 0 Å². The second kappa shape index (κ2) is 9.58. The molecule has 0 bridgehead atoms. The average molecular weight is 459 g/mol. The van der Waals surface area contributed by atoms with Crippen molar-refractivity contribution >= 4 is 57.6 Å². The minimum Gasteiger partial charge on any atom is -0.867 e. The summed E-state index contributed by atoms with van der Waals surface area (Å²) in [4.78, 5) is 0.246. The predicted molar refractivity (Wildman–Crippen MR) is 124 cm³/mol. The summed E-state index contributed by atoms with van der Waals surface area (Å²) in [6.45, 7) is 3.82. The molecule has 1 heterocycles. The lowest BCUT2D eigenvalue weighted by atomic mass is 10.1. The Morgan fingerprint density at radius 2 is 1.77 bits per heavy atom. The van der Waals surface area contributed by atoms with E-state index in [4.69, 9.17) is 35.4 Å². The molecule has 0 saturated heterocycles. The number of anilines is 1. The number of aliphatic hydroxyl groups excluding tert-OH is 1. The molecule has 7 heteroatoms. The Bertz CT molecular complexity index is 1130. The summed E-state index contributed by atoms with van der Waals surface area (Å²) in [5.41, 5.74) is 4.17. The molecule has 0 aliphatic carbocycles. The summed E-state index contributed by atoms with van der Waals surface area (Å²) in [6, 6.07) is 14.2. The Morgan fingerprint density at radius 3 is 2.40 bits per heavy atom. The molecule has 0 amide bonds. The molecular weight excluding hydrogens is 439 g/mol. The van der Waals surface area contributed by atoms with Gasteiger partial charge in [0.05, 0.1) is 16.7 Å². The number of thiocarbonyl (C=S) groups is 1. The van der Waals surface area contributed by atoms with Crippen LogP contribution >= 0.6 is 35.4 Å². The van der Waals surface area contributed by atoms with E-state index in [1.165, 1.54) is 6.07 Å². The van der Waals surface area contributed by atoms with Gasteiger partial charge in [0, 0.05) is 17.3 Å². The number of nitrogens with zero attached hydrogens (tertiary/aromatic N) is 1. The van der Waals surface area contributed by atoms with E-state index in [0.717, 1.165) is 16.8 Å². The number of aryl methyl sites for hydroxylation is 2. The molecule has 3 aromatic rings. The summed E-state index contributed by atoms with van der Waals surface area (Å²) in [5.74, 6) is -0.324. The number of hydrogen-bond acceptors (Lipinski definition) is 3. The smallest absolute Gasteiger partial charge is 0.238 e. The van der Waals surface area contributed by atoms with Gasteiger partial charge >= 0.3 is 0 Å². The number of hydrogen-bond donors (Lipinski definition) is 2. The predicted octanol–water partition coefficient (Wildman–Crippen LogP) is 4.52. The Balaban J connectivity index is 2.13. The first-order chi connectivity index (χ1) is 14.3. The molecule has 0 spiro atoms. The van der Waals surface area contributed by atoms with Crippen molar-refractivity contribution in [3.8, 4) is 0 Å². The number of nitrogens with one attached hydrogen (secondary N) is 1. The SMILES string of the molecule is Cc1cc(C)cc(NC(=S)/C(=C(\[O-])c2ccc(Cl)c(Cl)c2)[n+]2cccc(CO)c2)c1. The van der Waals surface area contributed by atoms with E-state index < -0.39 is 0 Å². The van der Waals surface area contributed by atoms with Gasteiger partial charge in [0.25, 0.3) is 0 Å². The maximum Gasteiger partial charge on any atom is 0.238 e. The van der Waals surface area contributed by atoms with Crippen LogP contribution in [0, 0.1) is 13.8 Å². The molecule has 2 N–H and O–H groups in total. The molecule has 30 heavy (non-hydrogen) atoms. The van der Waals surface area contributed by atoms with Crippen molar-refractivity contribution in [2.75, 3.05) is 5.32 Å². The Hall–Kier alpha value is -2.44. The zero-order valence-electron chi connectivity index (χ0n) is 16.4. The fourth-order valence-electron chi connectivity index (χ4n) is 3.11. The van der Waals surface area contributed by atoms with Crippen molar-refractivity contribution in [1.82, 2.24) is 0 Å². The minimum atomic E-state index is -0.324. The quantitative estimate of drug-likeness (QED) is 0.255. The largest absolute Gasteiger partial charge is 0.867 e. The molecular formula is C23H20Cl2N2O2S. The third kappa shape index (κ3) is 5.18. The topological polar surface area (TPSA) is 59.2 Å². The monoisotopic (exact) mass is 458 g/mol. The molecule has 2 aromatic carbocycles. The number of aliphatic hydroxyl groups is 1. The molecule has 4 nitrogen and oxygen atoms in total. The zero-order chi connectivity index (χ0) is 21.8. The van der Waals surface area contributed by atoms with Gasteiger partial charge in [-0.3, -0.25) is 0 Å². The van der Waals surface area contributed by atoms with Crippen LogP contribution in [0.2, 0.25) is 10.0 Å². The molecule has 0 fully saturated rings. The van der Waals surface area contributed by atoms with Crippen molar-refractivity contribution in [1.29, 1.82) is 0 Å². The Morgan fingerprint density at radius 1 is 1.07 bits per heavy atom. The van der Waals surface area contributed by atoms with Crippen LogP contribution in [0.25, 0.3) is 11.5 Å². The van der Waals surface area contributed by atoms with E-state index in [1.54, 1.807) is 41.2 Å². The molecule has 0 aliphatic heterocycles. The summed E-state index contributed by atoms with van der Waals surface area (Å²) >= 11 is 17.7. The summed E-state index contributed by atoms with van der Waals surface area (Å²) in [5, 5.41) is 26.7. The van der Waals surface area contributed by atoms with Crippen LogP contribution in [-0.2, 0) is 6.61 Å². The van der Waals surface area contributed by atoms with Gasteiger partial charge in [-0.15, -0.1) is 0 Å². The Labute approximate surface area is 191 Å². The van der Waals surface area contributed by atoms with Gasteiger partial charge in [0.2, 0.25) is 5.70 Å². The second-order valence-corrected chi connectivity index (χ2v) is 8.14. The van der Waals surface area contributed by atoms with E-state index in [-0.39, 0.29) is 28.1 Å². The highest BCUT2D eigenvalue weighted by Gasteiger charge is 2.20. The minimum absolute atomic E-state index is 0.160. The molecule has 1 aromatic heterocycles. The van der Waals surface area contributed by atoms with E-state index in [9.17, 15) is 10.2 Å². The van der Waals surface area contributed by atoms with Gasteiger partial charge in [-0.2, -0.15) is 4.57 Å². The van der Waals surface area contributed by atoms with Gasteiger partial charge in [-0.25, -0.2) is 0 Å². The van der Waals surface area contributed by atoms with Crippen molar-refractivity contribution < 1.29 is 14.8 Å². The first-order valence-corrected chi connectivity index (χ1v) is 10.3. The maximum absolute atomic E-state index is 13.4. The lowest BCUT2D eigenvalue weighted by Crippen LogP contribution is -2.40. The molecule has 0 saturated carbocycles. The maximum atomic E-state index is 13.4. The van der Waals surface area contributed by atoms with Crippen LogP contribution in [0.1, 0.15) is 22.3 Å². The molecule has 0 atom stereocenters. The van der Waals surface area contributed by atoms with E-state index in [0.29, 0.717) is 16.1 Å². The van der Waals surface area contributed by atoms with Gasteiger partial charge in [-0.05, 0) is 66.6 Å². The Kier molecular flexibility index (Phi) is 7.10. The zero-order valence-corrected chi connectivity index (χ0v) is 18.8. The molecule has 3 rings (SSSR count). The van der Waals surface area contributed by atoms with Gasteiger partial charge in [0.1, 0.15) is 0 Å². The van der Waals surface area contributed by atoms with Crippen LogP contribution in [0.5, 0.6) is 0 Å². The number of halogens is 2. The van der Waals surface area contributed by atoms with Crippen LogP contribution in [0.15, 0.2) is 60.9 Å². The van der Waals surface area contributed by atoms with Gasteiger partial charge in [0.15, 0.2) is 17.4 Å². The third-order valence-electron chi connectivity index (χ3n) is 4.39. The highest BCUT2D eigenvalue weighted by molar-refractivity contribution is 7.81. The first kappa shape index (κ1) is 22.2. The van der Waals surface area contributed by atoms with Gasteiger partial charge < -0.3 is 15.5 Å². The number of benzene rings is 2. The van der Waals surface area contributed by atoms with Crippen molar-refractivity contribution in [3.63, 3.8) is 0 Å². The fraction of sp³-hybridized carbons (Fsp3) is 0.130. The lowest BCUT2D eigenvalue weighted by Gasteiger charge is -2.18. The molecule has 154 valence electrons. The normalized spacial score (nSPS) is 11.8. The van der Waals surface area contributed by atoms with E-state index >= 15 is 0 Å². The number of rotatable bonds is 5. The molecule has 0 unspecified atom stereocenters. The first-order valence-electron chi connectivity index (χ1n) is 9.16. The number of pyridine rings is 1. The van der Waals surface area contributed by atoms with Crippen LogP contribution in [-0.4, -0.2) is 10.1 Å². The highest BCUT2D eigenvalue weighted by atomic mass is 35.5. The van der Waals surface area contributed by atoms with Crippen molar-refractivity contribution in [2.45, 2.75) is 20.5 Å². The number of aromatic nitrogens is 1. The summed E-state index contributed by atoms with van der Waals surface area (Å²) in [6.07, 6.45) is 3.37. The average Bonchev–Trinajstić information content (AvgIpc) is 2.69. The molecule has 0 radical (unpaired) electrons. The van der Waals surface area contributed by atoms with Crippen molar-refractivity contribution in [3.05, 3.63) is 93.2 Å². The van der Waals surface area contributed by atoms with Crippen molar-refractivity contribution in [2.24, 2.45) is 0 Å². The van der Waals surface area contributed by atoms with Crippen LogP contribution in [0.4, 0.5) is 5.69 Å². The van der Waals surface area contributed by atoms with Gasteiger partial charge in [-0.1, -0.05) is 47.6 Å². The third-order valence-corrected chi connectivity index (χ3v) is 5.43. The summed E-state index contributed by atoms with van der Waals surface area (Å²) < 4.78 is 1.61. The van der Waals surface area contributed by atoms with E-state index in [1.807, 2.05) is 26.0 Å².